The average Bonchev–Trinajstić information content (AvgIpc) is 2.80. The molecule has 3 aromatic carbocycles. The smallest absolute Gasteiger partial charge is 0.322 e. The van der Waals surface area contributed by atoms with Crippen LogP contribution in [0.5, 0.6) is 0 Å². The topological polar surface area (TPSA) is 41.1 Å². The van der Waals surface area contributed by atoms with E-state index in [1.165, 1.54) is 17.7 Å². The highest BCUT2D eigenvalue weighted by molar-refractivity contribution is 6.08. The van der Waals surface area contributed by atoms with Crippen LogP contribution < -0.4 is 10.6 Å². The van der Waals surface area contributed by atoms with E-state index < -0.39 is 11.7 Å². The second-order valence-corrected chi connectivity index (χ2v) is 7.34. The van der Waals surface area contributed by atoms with Crippen LogP contribution in [0.4, 0.5) is 18.9 Å². The summed E-state index contributed by atoms with van der Waals surface area (Å²) in [6.45, 7) is 1.81. The Morgan fingerprint density at radius 1 is 0.871 bits per heavy atom. The first-order valence-electron chi connectivity index (χ1n) is 10.00. The lowest BCUT2D eigenvalue weighted by atomic mass is 9.98. The predicted octanol–water partition coefficient (Wildman–Crippen LogP) is 6.00. The summed E-state index contributed by atoms with van der Waals surface area (Å²) in [5, 5.41) is 6.16. The second kappa shape index (κ2) is 8.78. The Bertz CT molecular complexity index is 1100. The lowest BCUT2D eigenvalue weighted by Crippen LogP contribution is -2.20. The maximum Gasteiger partial charge on any atom is 0.416 e. The van der Waals surface area contributed by atoms with E-state index in [-0.39, 0.29) is 5.91 Å². The number of carbonyl (C=O) groups excluding carboxylic acids is 1. The third kappa shape index (κ3) is 4.86. The molecule has 0 saturated carbocycles. The normalized spacial score (nSPS) is 14.1. The van der Waals surface area contributed by atoms with Gasteiger partial charge in [-0.25, -0.2) is 0 Å². The van der Waals surface area contributed by atoms with Crippen molar-refractivity contribution in [1.29, 1.82) is 0 Å². The largest absolute Gasteiger partial charge is 0.416 e. The van der Waals surface area contributed by atoms with Gasteiger partial charge in [-0.1, -0.05) is 48.5 Å². The van der Waals surface area contributed by atoms with Crippen LogP contribution in [0.15, 0.2) is 78.9 Å². The molecule has 0 bridgehead atoms. The fourth-order valence-corrected chi connectivity index (χ4v) is 3.62. The Kier molecular flexibility index (Phi) is 5.91. The molecule has 1 amide bonds. The van der Waals surface area contributed by atoms with Crippen molar-refractivity contribution in [2.24, 2.45) is 0 Å². The van der Waals surface area contributed by atoms with Crippen LogP contribution in [0.2, 0.25) is 0 Å². The molecule has 0 unspecified atom stereocenters. The van der Waals surface area contributed by atoms with Crippen molar-refractivity contribution in [2.75, 3.05) is 18.4 Å². The summed E-state index contributed by atoms with van der Waals surface area (Å²) >= 11 is 0. The number of hydrogen-bond donors (Lipinski definition) is 2. The van der Waals surface area contributed by atoms with Gasteiger partial charge in [0.15, 0.2) is 0 Å². The van der Waals surface area contributed by atoms with Crippen molar-refractivity contribution >= 4 is 17.2 Å². The summed E-state index contributed by atoms with van der Waals surface area (Å²) in [6, 6.07) is 19.4. The Labute approximate surface area is 178 Å². The molecule has 2 N–H and O–H groups in total. The summed E-state index contributed by atoms with van der Waals surface area (Å²) < 4.78 is 38.5. The molecule has 6 heteroatoms. The van der Waals surface area contributed by atoms with Gasteiger partial charge in [-0.15, -0.1) is 0 Å². The minimum Gasteiger partial charge on any atom is -0.322 e. The van der Waals surface area contributed by atoms with Crippen LogP contribution in [0.3, 0.4) is 0 Å². The first-order valence-corrected chi connectivity index (χ1v) is 10.00. The van der Waals surface area contributed by atoms with Gasteiger partial charge in [-0.05, 0) is 65.6 Å². The molecule has 0 saturated heterocycles. The Morgan fingerprint density at radius 2 is 1.55 bits per heavy atom. The SMILES string of the molecule is O=C(Nc1ccc(C2=CCNCC2)cc1)c1ccccc1-c1ccc(C(F)(F)F)cc1. The molecule has 3 aromatic rings. The maximum atomic E-state index is 12.9. The second-order valence-electron chi connectivity index (χ2n) is 7.34. The number of hydrogen-bond acceptors (Lipinski definition) is 2. The molecular formula is C25H21F3N2O. The van der Waals surface area contributed by atoms with E-state index >= 15 is 0 Å². The molecule has 1 aliphatic rings. The highest BCUT2D eigenvalue weighted by Gasteiger charge is 2.30. The summed E-state index contributed by atoms with van der Waals surface area (Å²) in [4.78, 5) is 12.9. The van der Waals surface area contributed by atoms with Crippen LogP contribution in [0.25, 0.3) is 16.7 Å². The van der Waals surface area contributed by atoms with E-state index in [4.69, 9.17) is 0 Å². The number of rotatable bonds is 4. The average molecular weight is 422 g/mol. The highest BCUT2D eigenvalue weighted by Crippen LogP contribution is 2.32. The number of carbonyl (C=O) groups is 1. The van der Waals surface area contributed by atoms with Gasteiger partial charge in [0.25, 0.3) is 5.91 Å². The van der Waals surface area contributed by atoms with Crippen LogP contribution in [0.1, 0.15) is 27.9 Å². The van der Waals surface area contributed by atoms with E-state index in [0.717, 1.165) is 37.2 Å². The molecule has 0 aliphatic carbocycles. The molecule has 0 fully saturated rings. The monoisotopic (exact) mass is 422 g/mol. The van der Waals surface area contributed by atoms with Gasteiger partial charge in [0, 0.05) is 17.8 Å². The van der Waals surface area contributed by atoms with Gasteiger partial charge in [0.2, 0.25) is 0 Å². The summed E-state index contributed by atoms with van der Waals surface area (Å²) in [5.41, 5.74) is 3.87. The first-order chi connectivity index (χ1) is 14.9. The van der Waals surface area contributed by atoms with Gasteiger partial charge in [-0.2, -0.15) is 13.2 Å². The predicted molar refractivity (Wildman–Crippen MR) is 117 cm³/mol. The lowest BCUT2D eigenvalue weighted by Gasteiger charge is -2.15. The molecule has 0 atom stereocenters. The van der Waals surface area contributed by atoms with Crippen LogP contribution in [-0.2, 0) is 6.18 Å². The third-order valence-corrected chi connectivity index (χ3v) is 5.27. The summed E-state index contributed by atoms with van der Waals surface area (Å²) in [7, 11) is 0. The molecular weight excluding hydrogens is 401 g/mol. The number of anilines is 1. The molecule has 4 rings (SSSR count). The minimum atomic E-state index is -4.40. The summed E-state index contributed by atoms with van der Waals surface area (Å²) in [5.74, 6) is -0.315. The van der Waals surface area contributed by atoms with Gasteiger partial charge in [-0.3, -0.25) is 4.79 Å². The molecule has 1 aliphatic heterocycles. The molecule has 1 heterocycles. The molecule has 0 radical (unpaired) electrons. The van der Waals surface area contributed by atoms with E-state index in [1.54, 1.807) is 24.3 Å². The summed E-state index contributed by atoms with van der Waals surface area (Å²) in [6.07, 6.45) is -1.27. The van der Waals surface area contributed by atoms with Crippen LogP contribution in [0, 0.1) is 0 Å². The molecule has 0 aromatic heterocycles. The van der Waals surface area contributed by atoms with Crippen molar-refractivity contribution in [3.8, 4) is 11.1 Å². The van der Waals surface area contributed by atoms with Crippen molar-refractivity contribution in [1.82, 2.24) is 5.32 Å². The van der Waals surface area contributed by atoms with E-state index in [1.807, 2.05) is 24.3 Å². The lowest BCUT2D eigenvalue weighted by molar-refractivity contribution is -0.137. The number of benzene rings is 3. The zero-order valence-electron chi connectivity index (χ0n) is 16.7. The van der Waals surface area contributed by atoms with Crippen LogP contribution >= 0.6 is 0 Å². The maximum absolute atomic E-state index is 12.9. The van der Waals surface area contributed by atoms with E-state index in [0.29, 0.717) is 22.4 Å². The zero-order valence-corrected chi connectivity index (χ0v) is 16.7. The standard InChI is InChI=1S/C25H21F3N2O/c26-25(27,28)20-9-5-19(6-10-20)22-3-1-2-4-23(22)24(31)30-21-11-7-17(8-12-21)18-13-15-29-16-14-18/h1-13,29H,14-16H2,(H,30,31). The van der Waals surface area contributed by atoms with Crippen molar-refractivity contribution < 1.29 is 18.0 Å². The van der Waals surface area contributed by atoms with Crippen molar-refractivity contribution in [3.05, 3.63) is 95.6 Å². The molecule has 0 spiro atoms. The molecule has 158 valence electrons. The number of nitrogens with one attached hydrogen (secondary N) is 2. The Balaban J connectivity index is 1.54. The Morgan fingerprint density at radius 3 is 2.19 bits per heavy atom. The fraction of sp³-hybridized carbons (Fsp3) is 0.160. The molecule has 3 nitrogen and oxygen atoms in total. The zero-order chi connectivity index (χ0) is 21.8. The van der Waals surface area contributed by atoms with Crippen molar-refractivity contribution in [2.45, 2.75) is 12.6 Å². The number of alkyl halides is 3. The van der Waals surface area contributed by atoms with Gasteiger partial charge in [0.1, 0.15) is 0 Å². The van der Waals surface area contributed by atoms with Crippen LogP contribution in [-0.4, -0.2) is 19.0 Å². The van der Waals surface area contributed by atoms with Gasteiger partial charge >= 0.3 is 6.18 Å². The highest BCUT2D eigenvalue weighted by atomic mass is 19.4. The minimum absolute atomic E-state index is 0.315. The fourth-order valence-electron chi connectivity index (χ4n) is 3.62. The van der Waals surface area contributed by atoms with E-state index in [9.17, 15) is 18.0 Å². The first kappa shape index (κ1) is 20.9. The Hall–Kier alpha value is -3.38. The molecule has 31 heavy (non-hydrogen) atoms. The number of amides is 1. The van der Waals surface area contributed by atoms with Gasteiger partial charge in [0.05, 0.1) is 5.56 Å². The number of halogens is 3. The van der Waals surface area contributed by atoms with E-state index in [2.05, 4.69) is 16.7 Å². The van der Waals surface area contributed by atoms with Gasteiger partial charge < -0.3 is 10.6 Å². The third-order valence-electron chi connectivity index (χ3n) is 5.27. The quantitative estimate of drug-likeness (QED) is 0.541. The van der Waals surface area contributed by atoms with Crippen molar-refractivity contribution in [3.63, 3.8) is 0 Å².